The van der Waals surface area contributed by atoms with Gasteiger partial charge >= 0.3 is 0 Å². The van der Waals surface area contributed by atoms with Gasteiger partial charge in [0.05, 0.1) is 18.9 Å². The second kappa shape index (κ2) is 5.60. The van der Waals surface area contributed by atoms with Gasteiger partial charge in [-0.3, -0.25) is 9.48 Å². The summed E-state index contributed by atoms with van der Waals surface area (Å²) in [7, 11) is 1.96. The zero-order valence-corrected chi connectivity index (χ0v) is 14.3. The van der Waals surface area contributed by atoms with Crippen LogP contribution in [-0.2, 0) is 18.3 Å². The van der Waals surface area contributed by atoms with Gasteiger partial charge in [-0.05, 0) is 54.7 Å². The molecule has 0 fully saturated rings. The number of nitrogens with zero attached hydrogens (tertiary/aromatic N) is 2. The first-order valence-corrected chi connectivity index (χ1v) is 8.29. The fraction of sp³-hybridized carbons (Fsp3) is 0.368. The molecule has 0 unspecified atom stereocenters. The average Bonchev–Trinajstić information content (AvgIpc) is 3.08. The number of benzene rings is 1. The molecule has 0 saturated heterocycles. The van der Waals surface area contributed by atoms with E-state index in [0.29, 0.717) is 13.2 Å². The van der Waals surface area contributed by atoms with Crippen LogP contribution in [-0.4, -0.2) is 28.9 Å². The Kier molecular flexibility index (Phi) is 3.53. The molecule has 0 bridgehead atoms. The molecule has 2 aliphatic rings. The Morgan fingerprint density at radius 2 is 2.04 bits per heavy atom. The van der Waals surface area contributed by atoms with Crippen molar-refractivity contribution in [2.75, 3.05) is 13.2 Å². The van der Waals surface area contributed by atoms with Crippen molar-refractivity contribution in [1.29, 1.82) is 0 Å². The molecule has 1 amide bonds. The van der Waals surface area contributed by atoms with Crippen LogP contribution in [0.4, 0.5) is 0 Å². The third-order valence-corrected chi connectivity index (χ3v) is 5.03. The monoisotopic (exact) mass is 323 g/mol. The number of carbonyl (C=O) groups is 1. The molecule has 0 radical (unpaired) electrons. The number of hydrogen-bond donors (Lipinski definition) is 1. The highest BCUT2D eigenvalue weighted by Crippen LogP contribution is 2.37. The second-order valence-electron chi connectivity index (χ2n) is 6.46. The van der Waals surface area contributed by atoms with Gasteiger partial charge in [0, 0.05) is 30.4 Å². The zero-order valence-electron chi connectivity index (χ0n) is 14.3. The third kappa shape index (κ3) is 2.27. The van der Waals surface area contributed by atoms with Crippen molar-refractivity contribution in [3.63, 3.8) is 0 Å². The molecule has 3 heterocycles. The maximum atomic E-state index is 12.3. The Bertz CT molecular complexity index is 877. The molecule has 5 nitrogen and oxygen atoms in total. The second-order valence-corrected chi connectivity index (χ2v) is 6.46. The molecule has 0 atom stereocenters. The van der Waals surface area contributed by atoms with Gasteiger partial charge in [0.15, 0.2) is 0 Å². The largest absolute Gasteiger partial charge is 0.377 e. The first kappa shape index (κ1) is 15.1. The summed E-state index contributed by atoms with van der Waals surface area (Å²) in [5.74, 6) is 0.0138. The number of aryl methyl sites for hydroxylation is 2. The highest BCUT2D eigenvalue weighted by Gasteiger charge is 2.26. The number of rotatable bonds is 2. The van der Waals surface area contributed by atoms with E-state index in [9.17, 15) is 4.79 Å². The molecule has 2 aliphatic heterocycles. The Morgan fingerprint density at radius 1 is 1.25 bits per heavy atom. The van der Waals surface area contributed by atoms with Gasteiger partial charge < -0.3 is 10.1 Å². The molecule has 4 rings (SSSR count). The van der Waals surface area contributed by atoms with Crippen LogP contribution < -0.4 is 5.32 Å². The predicted octanol–water partition coefficient (Wildman–Crippen LogP) is 2.75. The van der Waals surface area contributed by atoms with Crippen LogP contribution in [0.3, 0.4) is 0 Å². The topological polar surface area (TPSA) is 56.1 Å². The molecule has 1 N–H and O–H groups in total. The van der Waals surface area contributed by atoms with E-state index in [2.05, 4.69) is 29.5 Å². The lowest BCUT2D eigenvalue weighted by molar-refractivity contribution is 0.0965. The van der Waals surface area contributed by atoms with E-state index >= 15 is 0 Å². The van der Waals surface area contributed by atoms with Crippen LogP contribution in [0, 0.1) is 13.8 Å². The normalized spacial score (nSPS) is 16.8. The Labute approximate surface area is 141 Å². The quantitative estimate of drug-likeness (QED) is 0.924. The van der Waals surface area contributed by atoms with Crippen molar-refractivity contribution in [3.05, 3.63) is 46.3 Å². The fourth-order valence-electron chi connectivity index (χ4n) is 3.69. The van der Waals surface area contributed by atoms with E-state index in [0.717, 1.165) is 52.2 Å². The average molecular weight is 323 g/mol. The summed E-state index contributed by atoms with van der Waals surface area (Å²) in [6.07, 6.45) is 3.00. The van der Waals surface area contributed by atoms with Gasteiger partial charge in [0.1, 0.15) is 0 Å². The van der Waals surface area contributed by atoms with Gasteiger partial charge in [-0.1, -0.05) is 6.08 Å². The molecule has 24 heavy (non-hydrogen) atoms. The minimum Gasteiger partial charge on any atom is -0.377 e. The summed E-state index contributed by atoms with van der Waals surface area (Å²) in [6.45, 7) is 6.06. The van der Waals surface area contributed by atoms with Crippen LogP contribution >= 0.6 is 0 Å². The molecule has 0 saturated carbocycles. The van der Waals surface area contributed by atoms with Gasteiger partial charge in [-0.25, -0.2) is 0 Å². The number of ether oxygens (including phenoxy) is 1. The van der Waals surface area contributed by atoms with E-state index in [-0.39, 0.29) is 5.91 Å². The predicted molar refractivity (Wildman–Crippen MR) is 92.7 cm³/mol. The summed E-state index contributed by atoms with van der Waals surface area (Å²) >= 11 is 0. The van der Waals surface area contributed by atoms with Crippen molar-refractivity contribution in [3.8, 4) is 11.1 Å². The zero-order chi connectivity index (χ0) is 16.8. The van der Waals surface area contributed by atoms with Gasteiger partial charge in [0.25, 0.3) is 5.91 Å². The molecule has 124 valence electrons. The Morgan fingerprint density at radius 3 is 2.71 bits per heavy atom. The number of amides is 1. The fourth-order valence-corrected chi connectivity index (χ4v) is 3.69. The van der Waals surface area contributed by atoms with Crippen LogP contribution in [0.2, 0.25) is 0 Å². The molecule has 5 heteroatoms. The molecule has 2 aromatic rings. The number of fused-ring (bicyclic) bond motifs is 1. The summed E-state index contributed by atoms with van der Waals surface area (Å²) in [6, 6.07) is 4.24. The van der Waals surface area contributed by atoms with Crippen LogP contribution in [0.15, 0.2) is 18.2 Å². The van der Waals surface area contributed by atoms with E-state index < -0.39 is 0 Å². The lowest BCUT2D eigenvalue weighted by Crippen LogP contribution is -2.12. The molecule has 1 aromatic carbocycles. The molecule has 0 aliphatic carbocycles. The molecule has 0 spiro atoms. The first-order valence-electron chi connectivity index (χ1n) is 8.29. The SMILES string of the molecule is Cc1nn(C)c(C)c1-c1cc(C2=CCOCC2)cc2c1CNC2=O. The van der Waals surface area contributed by atoms with Gasteiger partial charge in [-0.15, -0.1) is 0 Å². The van der Waals surface area contributed by atoms with Crippen molar-refractivity contribution < 1.29 is 9.53 Å². The lowest BCUT2D eigenvalue weighted by atomic mass is 9.89. The van der Waals surface area contributed by atoms with E-state index in [1.807, 2.05) is 24.7 Å². The van der Waals surface area contributed by atoms with Gasteiger partial charge in [0.2, 0.25) is 0 Å². The maximum Gasteiger partial charge on any atom is 0.251 e. The Hall–Kier alpha value is -2.40. The summed E-state index contributed by atoms with van der Waals surface area (Å²) in [5, 5.41) is 7.51. The van der Waals surface area contributed by atoms with Crippen molar-refractivity contribution in [2.24, 2.45) is 7.05 Å². The lowest BCUT2D eigenvalue weighted by Gasteiger charge is -2.17. The van der Waals surface area contributed by atoms with Crippen LogP contribution in [0.1, 0.15) is 39.3 Å². The van der Waals surface area contributed by atoms with E-state index in [1.165, 1.54) is 5.57 Å². The van der Waals surface area contributed by atoms with E-state index in [1.54, 1.807) is 0 Å². The molecular formula is C19H21N3O2. The van der Waals surface area contributed by atoms with Crippen molar-refractivity contribution in [1.82, 2.24) is 15.1 Å². The van der Waals surface area contributed by atoms with Crippen molar-refractivity contribution in [2.45, 2.75) is 26.8 Å². The Balaban J connectivity index is 1.96. The summed E-state index contributed by atoms with van der Waals surface area (Å²) in [4.78, 5) is 12.3. The smallest absolute Gasteiger partial charge is 0.251 e. The molecular weight excluding hydrogens is 302 g/mol. The first-order chi connectivity index (χ1) is 11.6. The van der Waals surface area contributed by atoms with Crippen LogP contribution in [0.25, 0.3) is 16.7 Å². The number of aromatic nitrogens is 2. The number of hydrogen-bond acceptors (Lipinski definition) is 3. The highest BCUT2D eigenvalue weighted by atomic mass is 16.5. The number of carbonyl (C=O) groups excluding carboxylic acids is 1. The standard InChI is InChI=1S/C19H21N3O2/c1-11-18(12(2)22(3)21-11)15-8-14(13-4-6-24-7-5-13)9-16-17(15)10-20-19(16)23/h4,8-9H,5-7,10H2,1-3H3,(H,20,23). The third-order valence-electron chi connectivity index (χ3n) is 5.03. The highest BCUT2D eigenvalue weighted by molar-refractivity contribution is 6.02. The van der Waals surface area contributed by atoms with Crippen molar-refractivity contribution >= 4 is 11.5 Å². The number of nitrogens with one attached hydrogen (secondary N) is 1. The summed E-state index contributed by atoms with van der Waals surface area (Å²) < 4.78 is 7.33. The minimum absolute atomic E-state index is 0.0138. The minimum atomic E-state index is 0.0138. The van der Waals surface area contributed by atoms with E-state index in [4.69, 9.17) is 4.74 Å². The maximum absolute atomic E-state index is 12.3. The summed E-state index contributed by atoms with van der Waals surface area (Å²) in [5.41, 5.74) is 8.61. The molecule has 1 aromatic heterocycles. The van der Waals surface area contributed by atoms with Gasteiger partial charge in [-0.2, -0.15) is 5.10 Å². The van der Waals surface area contributed by atoms with Crippen LogP contribution in [0.5, 0.6) is 0 Å².